The Morgan fingerprint density at radius 3 is 2.50 bits per heavy atom. The molecule has 0 amide bonds. The molecule has 0 saturated carbocycles. The summed E-state index contributed by atoms with van der Waals surface area (Å²) in [4.78, 5) is 30.6. The van der Waals surface area contributed by atoms with E-state index in [9.17, 15) is 4.79 Å². The normalized spacial score (nSPS) is 11.8. The highest BCUT2D eigenvalue weighted by Gasteiger charge is 2.16. The van der Waals surface area contributed by atoms with Crippen LogP contribution in [0.1, 0.15) is 22.9 Å². The largest absolute Gasteiger partial charge is 0.362 e. The van der Waals surface area contributed by atoms with Crippen LogP contribution in [0.25, 0.3) is 11.5 Å². The Kier molecular flexibility index (Phi) is 6.67. The summed E-state index contributed by atoms with van der Waals surface area (Å²) in [6, 6.07) is 21.3. The van der Waals surface area contributed by atoms with Gasteiger partial charge >= 0.3 is 0 Å². The molecule has 1 aromatic carbocycles. The number of nitrogens with one attached hydrogen (secondary N) is 2. The smallest absolute Gasteiger partial charge is 0.251 e. The molecule has 0 fully saturated rings. The molecule has 3 heterocycles. The van der Waals surface area contributed by atoms with Gasteiger partial charge in [-0.15, -0.1) is 0 Å². The Morgan fingerprint density at radius 2 is 1.75 bits per heavy atom. The van der Waals surface area contributed by atoms with Gasteiger partial charge in [-0.2, -0.15) is 0 Å². The fraction of sp³-hybridized carbons (Fsp3) is 0.200. The zero-order chi connectivity index (χ0) is 22.3. The van der Waals surface area contributed by atoms with Crippen molar-refractivity contribution in [3.63, 3.8) is 0 Å². The van der Waals surface area contributed by atoms with Gasteiger partial charge in [0, 0.05) is 57.1 Å². The van der Waals surface area contributed by atoms with E-state index in [1.807, 2.05) is 61.5 Å². The number of rotatable bonds is 8. The van der Waals surface area contributed by atoms with Crippen LogP contribution in [0.15, 0.2) is 83.9 Å². The van der Waals surface area contributed by atoms with Gasteiger partial charge in [-0.1, -0.05) is 42.5 Å². The standard InChI is InChI=1S/C25H26N6O/c1-31(2)25-19(11-8-14-27-25)17-28-22(18-9-4-3-5-10-18)15-20-16-23(32)30-24(29-20)21-12-6-7-13-26-21/h3-14,16,22,28H,15,17H2,1-2H3,(H,29,30,32)/t22-/m1/s1. The Hall–Kier alpha value is -3.84. The Labute approximate surface area is 187 Å². The summed E-state index contributed by atoms with van der Waals surface area (Å²) in [6.45, 7) is 0.636. The second-order valence-corrected chi connectivity index (χ2v) is 7.73. The van der Waals surface area contributed by atoms with Gasteiger partial charge in [-0.3, -0.25) is 9.78 Å². The Bertz CT molecular complexity index is 1210. The summed E-state index contributed by atoms with van der Waals surface area (Å²) in [7, 11) is 3.97. The first-order valence-electron chi connectivity index (χ1n) is 10.5. The molecule has 1 atom stereocenters. The lowest BCUT2D eigenvalue weighted by atomic mass is 10.0. The molecule has 0 aliphatic rings. The molecule has 0 saturated heterocycles. The van der Waals surface area contributed by atoms with Gasteiger partial charge < -0.3 is 15.2 Å². The number of benzene rings is 1. The molecule has 0 bridgehead atoms. The lowest BCUT2D eigenvalue weighted by molar-refractivity contribution is 0.524. The summed E-state index contributed by atoms with van der Waals surface area (Å²) < 4.78 is 0. The monoisotopic (exact) mass is 426 g/mol. The third-order valence-corrected chi connectivity index (χ3v) is 5.15. The van der Waals surface area contributed by atoms with E-state index in [1.54, 1.807) is 18.5 Å². The third-order valence-electron chi connectivity index (χ3n) is 5.15. The van der Waals surface area contributed by atoms with Crippen molar-refractivity contribution in [1.29, 1.82) is 0 Å². The molecule has 3 aromatic heterocycles. The molecule has 0 aliphatic carbocycles. The SMILES string of the molecule is CN(C)c1ncccc1CN[C@H](Cc1cc(=O)[nH]c(-c2ccccn2)n1)c1ccccc1. The molecule has 0 unspecified atom stereocenters. The fourth-order valence-corrected chi connectivity index (χ4v) is 3.64. The van der Waals surface area contributed by atoms with Crippen molar-refractivity contribution in [3.8, 4) is 11.5 Å². The fourth-order valence-electron chi connectivity index (χ4n) is 3.64. The minimum atomic E-state index is -0.190. The molecule has 0 radical (unpaired) electrons. The quantitative estimate of drug-likeness (QED) is 0.449. The van der Waals surface area contributed by atoms with Gasteiger partial charge in [0.05, 0.1) is 5.69 Å². The summed E-state index contributed by atoms with van der Waals surface area (Å²) in [5.74, 6) is 1.40. The number of aromatic nitrogens is 4. The summed E-state index contributed by atoms with van der Waals surface area (Å²) in [6.07, 6.45) is 4.05. The average molecular weight is 427 g/mol. The first-order chi connectivity index (χ1) is 15.6. The topological polar surface area (TPSA) is 86.8 Å². The highest BCUT2D eigenvalue weighted by Crippen LogP contribution is 2.21. The highest BCUT2D eigenvalue weighted by atomic mass is 16.1. The number of pyridine rings is 2. The lowest BCUT2D eigenvalue weighted by Crippen LogP contribution is -2.25. The molecule has 0 spiro atoms. The van der Waals surface area contributed by atoms with E-state index < -0.39 is 0 Å². The maximum absolute atomic E-state index is 12.3. The van der Waals surface area contributed by atoms with Crippen LogP contribution in [-0.4, -0.2) is 34.0 Å². The maximum atomic E-state index is 12.3. The van der Waals surface area contributed by atoms with Crippen LogP contribution in [0.2, 0.25) is 0 Å². The van der Waals surface area contributed by atoms with Gasteiger partial charge in [0.2, 0.25) is 0 Å². The van der Waals surface area contributed by atoms with Crippen molar-refractivity contribution < 1.29 is 0 Å². The van der Waals surface area contributed by atoms with Gasteiger partial charge in [0.1, 0.15) is 11.5 Å². The summed E-state index contributed by atoms with van der Waals surface area (Å²) in [5, 5.41) is 3.64. The predicted molar refractivity (Wildman–Crippen MR) is 126 cm³/mol. The van der Waals surface area contributed by atoms with Crippen molar-refractivity contribution in [1.82, 2.24) is 25.3 Å². The van der Waals surface area contributed by atoms with Crippen LogP contribution in [0.3, 0.4) is 0 Å². The number of hydrogen-bond acceptors (Lipinski definition) is 6. The van der Waals surface area contributed by atoms with Crippen molar-refractivity contribution in [2.75, 3.05) is 19.0 Å². The molecule has 2 N–H and O–H groups in total. The molecule has 162 valence electrons. The molecule has 7 nitrogen and oxygen atoms in total. The van der Waals surface area contributed by atoms with Crippen molar-refractivity contribution >= 4 is 5.82 Å². The average Bonchev–Trinajstić information content (AvgIpc) is 2.82. The highest BCUT2D eigenvalue weighted by molar-refractivity contribution is 5.48. The third kappa shape index (κ3) is 5.25. The Balaban J connectivity index is 1.61. The van der Waals surface area contributed by atoms with E-state index in [0.717, 1.165) is 16.9 Å². The number of hydrogen-bond donors (Lipinski definition) is 2. The van der Waals surface area contributed by atoms with Gasteiger partial charge in [-0.05, 0) is 23.8 Å². The van der Waals surface area contributed by atoms with Crippen LogP contribution < -0.4 is 15.8 Å². The van der Waals surface area contributed by atoms with Gasteiger partial charge in [0.15, 0.2) is 5.82 Å². The lowest BCUT2D eigenvalue weighted by Gasteiger charge is -2.21. The molecule has 32 heavy (non-hydrogen) atoms. The number of aromatic amines is 1. The molecule has 7 heteroatoms. The van der Waals surface area contributed by atoms with E-state index in [2.05, 4.69) is 38.5 Å². The molecular weight excluding hydrogens is 400 g/mol. The number of H-pyrrole nitrogens is 1. The first kappa shape index (κ1) is 21.4. The van der Waals surface area contributed by atoms with Crippen molar-refractivity contribution in [2.45, 2.75) is 19.0 Å². The predicted octanol–water partition coefficient (Wildman–Crippen LogP) is 3.37. The van der Waals surface area contributed by atoms with Crippen LogP contribution in [0, 0.1) is 0 Å². The number of anilines is 1. The van der Waals surface area contributed by atoms with Crippen molar-refractivity contribution in [3.05, 3.63) is 106 Å². The van der Waals surface area contributed by atoms with E-state index in [1.165, 1.54) is 0 Å². The molecule has 4 aromatic rings. The van der Waals surface area contributed by atoms with Crippen molar-refractivity contribution in [2.24, 2.45) is 0 Å². The van der Waals surface area contributed by atoms with Crippen LogP contribution >= 0.6 is 0 Å². The molecular formula is C25H26N6O. The first-order valence-corrected chi connectivity index (χ1v) is 10.5. The number of nitrogens with zero attached hydrogens (tertiary/aromatic N) is 4. The van der Waals surface area contributed by atoms with Gasteiger partial charge in [-0.25, -0.2) is 9.97 Å². The van der Waals surface area contributed by atoms with Crippen LogP contribution in [0.5, 0.6) is 0 Å². The maximum Gasteiger partial charge on any atom is 0.251 e. The van der Waals surface area contributed by atoms with Crippen LogP contribution in [0.4, 0.5) is 5.82 Å². The van der Waals surface area contributed by atoms with E-state index in [4.69, 9.17) is 4.98 Å². The van der Waals surface area contributed by atoms with E-state index >= 15 is 0 Å². The summed E-state index contributed by atoms with van der Waals surface area (Å²) >= 11 is 0. The summed E-state index contributed by atoms with van der Waals surface area (Å²) in [5.41, 5.74) is 3.39. The van der Waals surface area contributed by atoms with E-state index in [-0.39, 0.29) is 11.6 Å². The second-order valence-electron chi connectivity index (χ2n) is 7.73. The zero-order valence-electron chi connectivity index (χ0n) is 18.2. The van der Waals surface area contributed by atoms with Gasteiger partial charge in [0.25, 0.3) is 5.56 Å². The zero-order valence-corrected chi connectivity index (χ0v) is 18.2. The minimum Gasteiger partial charge on any atom is -0.362 e. The Morgan fingerprint density at radius 1 is 0.969 bits per heavy atom. The minimum absolute atomic E-state index is 0.0303. The van der Waals surface area contributed by atoms with Crippen LogP contribution in [-0.2, 0) is 13.0 Å². The van der Waals surface area contributed by atoms with E-state index in [0.29, 0.717) is 30.2 Å². The molecule has 4 rings (SSSR count). The second kappa shape index (κ2) is 9.98. The molecule has 0 aliphatic heterocycles.